The molecule has 7 rings (SSSR count). The summed E-state index contributed by atoms with van der Waals surface area (Å²) in [5.74, 6) is -2.62. The third kappa shape index (κ3) is 17.4. The van der Waals surface area contributed by atoms with Crippen LogP contribution in [0.25, 0.3) is 16.4 Å². The number of aliphatic hydroxyl groups excluding tert-OH is 1. The van der Waals surface area contributed by atoms with E-state index >= 15 is 0 Å². The number of nitrogens with zero attached hydrogens (tertiary/aromatic N) is 7. The van der Waals surface area contributed by atoms with Gasteiger partial charge in [-0.05, 0) is 92.4 Å². The number of nitrogens with one attached hydrogen (secondary N) is 3. The van der Waals surface area contributed by atoms with E-state index in [0.29, 0.717) is 33.7 Å². The molecule has 0 saturated carbocycles. The first-order valence-corrected chi connectivity index (χ1v) is 29.1. The summed E-state index contributed by atoms with van der Waals surface area (Å²) < 4.78 is 30.6. The molecule has 2 aliphatic heterocycles. The van der Waals surface area contributed by atoms with Crippen LogP contribution in [0, 0.1) is 12.8 Å². The van der Waals surface area contributed by atoms with Gasteiger partial charge in [-0.2, -0.15) is 0 Å². The Hall–Kier alpha value is -8.94. The van der Waals surface area contributed by atoms with Crippen molar-refractivity contribution in [3.05, 3.63) is 144 Å². The van der Waals surface area contributed by atoms with E-state index in [-0.39, 0.29) is 137 Å². The minimum Gasteiger partial charge on any atom is -0.509 e. The molecule has 3 atom stereocenters. The number of pyridine rings is 1. The van der Waals surface area contributed by atoms with Crippen molar-refractivity contribution in [2.45, 2.75) is 52.3 Å². The van der Waals surface area contributed by atoms with Gasteiger partial charge in [-0.15, -0.1) is 11.6 Å². The molecule has 88 heavy (non-hydrogen) atoms. The first kappa shape index (κ1) is 66.6. The maximum absolute atomic E-state index is 14.6. The van der Waals surface area contributed by atoms with E-state index < -0.39 is 42.0 Å². The van der Waals surface area contributed by atoms with Gasteiger partial charge >= 0.3 is 12.2 Å². The lowest BCUT2D eigenvalue weighted by Gasteiger charge is -2.28. The lowest BCUT2D eigenvalue weighted by atomic mass is 9.92. The standard InChI is InChI=1S/C63H75ClN10O14/c1-39(2)57(69(7)8)60(80)65-43(6)59(79)66-46-17-15-44(16-18-46)38-87-62(82)70(9)23-24-71(25-27-84-29-31-86-32-30-85-28-26-73-53(76)21-22-54(73)77)63(83)88-51-33-50-56(55-40(3)11-10-12-48(51)55)45(34-64)35-74(50)61(81)49-37-72-36-47(19-20-52(72)68-49)67-58(78)41(4)13-14-42(5)75/h10-22,33,36-37,39,43,45,57,75H,4-5,23-32,34-35,38H2,1-3,6-9H3,(H,65,80)(H,66,79)(H,67,78)/b14-13-/t43-,45+,57-/m0/s1. The Morgan fingerprint density at radius 3 is 2.14 bits per heavy atom. The predicted molar refractivity (Wildman–Crippen MR) is 331 cm³/mol. The molecule has 0 aliphatic carbocycles. The first-order valence-electron chi connectivity index (χ1n) is 28.5. The Balaban J connectivity index is 1.02. The van der Waals surface area contributed by atoms with Crippen molar-refractivity contribution in [1.82, 2.24) is 34.3 Å². The molecule has 0 radical (unpaired) electrons. The van der Waals surface area contributed by atoms with Crippen LogP contribution in [-0.2, 0) is 49.5 Å². The summed E-state index contributed by atoms with van der Waals surface area (Å²) >= 11 is 6.67. The van der Waals surface area contributed by atoms with E-state index in [0.717, 1.165) is 21.4 Å². The van der Waals surface area contributed by atoms with Crippen LogP contribution in [0.15, 0.2) is 122 Å². The van der Waals surface area contributed by atoms with Gasteiger partial charge in [-0.25, -0.2) is 14.6 Å². The maximum Gasteiger partial charge on any atom is 0.415 e. The quantitative estimate of drug-likeness (QED) is 0.00902. The molecule has 3 aromatic carbocycles. The second-order valence-electron chi connectivity index (χ2n) is 21.6. The molecular formula is C63H75ClN10O14. The van der Waals surface area contributed by atoms with Crippen LogP contribution in [-0.4, -0.2) is 193 Å². The number of aromatic nitrogens is 2. The Bertz CT molecular complexity index is 3470. The molecule has 25 heteroatoms. The number of aryl methyl sites for hydroxylation is 1. The van der Waals surface area contributed by atoms with Crippen LogP contribution in [0.3, 0.4) is 0 Å². The summed E-state index contributed by atoms with van der Waals surface area (Å²) in [6.45, 7) is 15.6. The number of anilines is 3. The monoisotopic (exact) mass is 1230 g/mol. The van der Waals surface area contributed by atoms with Crippen molar-refractivity contribution < 1.29 is 67.1 Å². The summed E-state index contributed by atoms with van der Waals surface area (Å²) in [5.41, 5.74) is 4.18. The number of likely N-dealkylation sites (N-methyl/N-ethyl adjacent to an activating group) is 2. The van der Waals surface area contributed by atoms with Gasteiger partial charge in [0.2, 0.25) is 11.8 Å². The van der Waals surface area contributed by atoms with Crippen LogP contribution in [0.5, 0.6) is 5.75 Å². The third-order valence-electron chi connectivity index (χ3n) is 14.5. The van der Waals surface area contributed by atoms with Gasteiger partial charge in [0.05, 0.1) is 63.6 Å². The smallest absolute Gasteiger partial charge is 0.415 e. The highest BCUT2D eigenvalue weighted by Crippen LogP contribution is 2.47. The third-order valence-corrected chi connectivity index (χ3v) is 14.8. The number of alkyl halides is 1. The number of rotatable bonds is 30. The normalized spacial score (nSPS) is 14.4. The minimum absolute atomic E-state index is 0.00412. The number of aliphatic hydroxyl groups is 1. The van der Waals surface area contributed by atoms with Crippen molar-refractivity contribution in [1.29, 1.82) is 0 Å². The lowest BCUT2D eigenvalue weighted by molar-refractivity contribution is -0.137. The van der Waals surface area contributed by atoms with E-state index in [1.54, 1.807) is 76.0 Å². The molecule has 2 aromatic heterocycles. The molecule has 0 unspecified atom stereocenters. The van der Waals surface area contributed by atoms with Crippen molar-refractivity contribution in [3.63, 3.8) is 0 Å². The minimum atomic E-state index is -0.807. The topological polar surface area (TPSA) is 273 Å². The fourth-order valence-corrected chi connectivity index (χ4v) is 10.2. The van der Waals surface area contributed by atoms with E-state index in [1.165, 1.54) is 41.2 Å². The molecule has 4 N–H and O–H groups in total. The average Bonchev–Trinajstić information content (AvgIpc) is 1.54. The van der Waals surface area contributed by atoms with Crippen LogP contribution < -0.4 is 25.6 Å². The lowest BCUT2D eigenvalue weighted by Crippen LogP contribution is -2.51. The van der Waals surface area contributed by atoms with Gasteiger partial charge in [-0.3, -0.25) is 38.6 Å². The number of halogens is 1. The summed E-state index contributed by atoms with van der Waals surface area (Å²) in [4.78, 5) is 117. The molecule has 2 aliphatic rings. The fraction of sp³-hybridized carbons (Fsp3) is 0.381. The Morgan fingerprint density at radius 2 is 1.48 bits per heavy atom. The number of amides is 8. The fourth-order valence-electron chi connectivity index (χ4n) is 9.91. The van der Waals surface area contributed by atoms with Gasteiger partial charge in [0.1, 0.15) is 35.5 Å². The number of hydrogen-bond donors (Lipinski definition) is 4. The molecule has 0 bridgehead atoms. The highest BCUT2D eigenvalue weighted by Gasteiger charge is 2.37. The Morgan fingerprint density at radius 1 is 0.807 bits per heavy atom. The largest absolute Gasteiger partial charge is 0.509 e. The first-order chi connectivity index (χ1) is 42.0. The number of fused-ring (bicyclic) bond motifs is 4. The molecule has 8 amide bonds. The van der Waals surface area contributed by atoms with Crippen LogP contribution in [0.1, 0.15) is 53.9 Å². The Kier molecular flexibility index (Phi) is 23.5. The second kappa shape index (κ2) is 31.1. The van der Waals surface area contributed by atoms with Gasteiger partial charge in [-0.1, -0.05) is 57.3 Å². The van der Waals surface area contributed by atoms with E-state index in [2.05, 4.69) is 34.1 Å². The molecule has 468 valence electrons. The summed E-state index contributed by atoms with van der Waals surface area (Å²) in [7, 11) is 5.14. The van der Waals surface area contributed by atoms with Gasteiger partial charge < -0.3 is 63.8 Å². The number of carbonyl (C=O) groups excluding carboxylic acids is 8. The average molecular weight is 1230 g/mol. The zero-order chi connectivity index (χ0) is 63.8. The second-order valence-corrected chi connectivity index (χ2v) is 21.9. The predicted octanol–water partition coefficient (Wildman–Crippen LogP) is 6.97. The number of ether oxygens (including phenoxy) is 5. The molecule has 24 nitrogen and oxygen atoms in total. The molecule has 4 heterocycles. The summed E-state index contributed by atoms with van der Waals surface area (Å²) in [6, 6.07) is 16.0. The van der Waals surface area contributed by atoms with Gasteiger partial charge in [0.15, 0.2) is 0 Å². The molecule has 0 spiro atoms. The number of benzene rings is 3. The van der Waals surface area contributed by atoms with Crippen molar-refractivity contribution in [2.75, 3.05) is 115 Å². The van der Waals surface area contributed by atoms with Crippen molar-refractivity contribution >= 4 is 92.7 Å². The van der Waals surface area contributed by atoms with E-state index in [9.17, 15) is 43.5 Å². The highest BCUT2D eigenvalue weighted by atomic mass is 35.5. The summed E-state index contributed by atoms with van der Waals surface area (Å²) in [6.07, 6.45) is 6.66. The molecule has 0 fully saturated rings. The molecular weight excluding hydrogens is 1160 g/mol. The number of hydrogen-bond acceptors (Lipinski definition) is 16. The van der Waals surface area contributed by atoms with Crippen LogP contribution in [0.4, 0.5) is 26.7 Å². The Labute approximate surface area is 515 Å². The number of allylic oxidation sites excluding steroid dienone is 1. The van der Waals surface area contributed by atoms with Crippen LogP contribution >= 0.6 is 11.6 Å². The summed E-state index contributed by atoms with van der Waals surface area (Å²) in [5, 5.41) is 19.1. The van der Waals surface area contributed by atoms with Crippen LogP contribution in [0.2, 0.25) is 0 Å². The zero-order valence-corrected chi connectivity index (χ0v) is 51.2. The number of imidazole rings is 1. The van der Waals surface area contributed by atoms with Gasteiger partial charge in [0.25, 0.3) is 23.6 Å². The van der Waals surface area contributed by atoms with Gasteiger partial charge in [0, 0.05) is 92.3 Å². The molecule has 5 aromatic rings. The molecule has 0 saturated heterocycles. The highest BCUT2D eigenvalue weighted by molar-refractivity contribution is 6.19. The zero-order valence-electron chi connectivity index (χ0n) is 50.4. The van der Waals surface area contributed by atoms with E-state index in [1.807, 2.05) is 53.1 Å². The van der Waals surface area contributed by atoms with Crippen molar-refractivity contribution in [2.24, 2.45) is 5.92 Å². The SMILES string of the molecule is C=C(O)/C=C\C(=C)C(=O)Nc1ccc2nc(C(=O)N3C[C@@H](CCl)c4c3cc(OC(=O)N(CCOCCOCCOCCN3C(=O)C=CC3=O)CCN(C)C(=O)OCc3ccc(NC(=O)[C@H](C)NC(=O)[C@H](C(C)C)N(C)C)cc3)c3cccc(C)c43)cn2c1. The van der Waals surface area contributed by atoms with E-state index in [4.69, 9.17) is 35.3 Å². The number of carbonyl (C=O) groups is 8. The van der Waals surface area contributed by atoms with Crippen molar-refractivity contribution in [3.8, 4) is 5.75 Å². The number of imide groups is 1. The maximum atomic E-state index is 14.6.